The van der Waals surface area contributed by atoms with Crippen LogP contribution in [0.25, 0.3) is 0 Å². The van der Waals surface area contributed by atoms with Gasteiger partial charge in [0, 0.05) is 25.7 Å². The Hall–Kier alpha value is -0.610. The first kappa shape index (κ1) is 12.5. The van der Waals surface area contributed by atoms with E-state index in [1.54, 1.807) is 6.92 Å². The lowest BCUT2D eigenvalue weighted by atomic mass is 10.0. The summed E-state index contributed by atoms with van der Waals surface area (Å²) in [5, 5.41) is 8.96. The van der Waals surface area contributed by atoms with E-state index >= 15 is 0 Å². The molecular weight excluding hydrogens is 194 g/mol. The number of aliphatic carboxylic acids is 1. The van der Waals surface area contributed by atoms with Gasteiger partial charge in [0.15, 0.2) is 0 Å². The van der Waals surface area contributed by atoms with Crippen LogP contribution in [0.15, 0.2) is 0 Å². The Bertz CT molecular complexity index is 220. The lowest BCUT2D eigenvalue weighted by Crippen LogP contribution is -2.43. The lowest BCUT2D eigenvalue weighted by molar-refractivity contribution is -0.143. The molecule has 1 aliphatic rings. The van der Waals surface area contributed by atoms with E-state index in [0.717, 1.165) is 26.1 Å². The molecule has 0 aromatic carbocycles. The first-order chi connectivity index (χ1) is 7.02. The standard InChI is InChI=1S/C11H21NO3/c1-8-7-12(5-4-6-15-8)10(3)9(2)11(13)14/h8-10H,4-7H2,1-3H3,(H,13,14). The lowest BCUT2D eigenvalue weighted by Gasteiger charge is -2.31. The van der Waals surface area contributed by atoms with E-state index in [9.17, 15) is 4.79 Å². The SMILES string of the molecule is CC1CN(C(C)C(C)C(=O)O)CCCO1. The van der Waals surface area contributed by atoms with Crippen molar-refractivity contribution >= 4 is 5.97 Å². The van der Waals surface area contributed by atoms with Crippen LogP contribution in [-0.4, -0.2) is 47.8 Å². The van der Waals surface area contributed by atoms with E-state index in [0.29, 0.717) is 0 Å². The minimum Gasteiger partial charge on any atom is -0.481 e. The molecule has 0 aromatic heterocycles. The van der Waals surface area contributed by atoms with Crippen molar-refractivity contribution in [3.05, 3.63) is 0 Å². The highest BCUT2D eigenvalue weighted by Gasteiger charge is 2.27. The first-order valence-electron chi connectivity index (χ1n) is 5.61. The first-order valence-corrected chi connectivity index (χ1v) is 5.61. The van der Waals surface area contributed by atoms with Gasteiger partial charge in [0.05, 0.1) is 12.0 Å². The third kappa shape index (κ3) is 3.47. The molecule has 4 nitrogen and oxygen atoms in total. The molecule has 0 radical (unpaired) electrons. The average molecular weight is 215 g/mol. The zero-order valence-electron chi connectivity index (χ0n) is 9.77. The molecule has 1 rings (SSSR count). The molecule has 4 heteroatoms. The van der Waals surface area contributed by atoms with Crippen LogP contribution in [0, 0.1) is 5.92 Å². The monoisotopic (exact) mass is 215 g/mol. The van der Waals surface area contributed by atoms with Gasteiger partial charge in [0.1, 0.15) is 0 Å². The zero-order valence-corrected chi connectivity index (χ0v) is 9.77. The summed E-state index contributed by atoms with van der Waals surface area (Å²) in [6.07, 6.45) is 1.19. The van der Waals surface area contributed by atoms with Crippen LogP contribution in [0.5, 0.6) is 0 Å². The van der Waals surface area contributed by atoms with E-state index in [4.69, 9.17) is 9.84 Å². The number of nitrogens with zero attached hydrogens (tertiary/aromatic N) is 1. The van der Waals surface area contributed by atoms with Gasteiger partial charge in [-0.2, -0.15) is 0 Å². The fourth-order valence-corrected chi connectivity index (χ4v) is 1.92. The van der Waals surface area contributed by atoms with Crippen LogP contribution in [0.1, 0.15) is 27.2 Å². The van der Waals surface area contributed by atoms with E-state index < -0.39 is 5.97 Å². The van der Waals surface area contributed by atoms with Crippen molar-refractivity contribution in [3.8, 4) is 0 Å². The smallest absolute Gasteiger partial charge is 0.307 e. The number of hydrogen-bond donors (Lipinski definition) is 1. The van der Waals surface area contributed by atoms with Gasteiger partial charge in [-0.3, -0.25) is 9.69 Å². The van der Waals surface area contributed by atoms with Crippen molar-refractivity contribution in [2.24, 2.45) is 5.92 Å². The minimum atomic E-state index is -0.722. The molecular formula is C11H21NO3. The molecule has 1 aliphatic heterocycles. The van der Waals surface area contributed by atoms with E-state index in [1.165, 1.54) is 0 Å². The Morgan fingerprint density at radius 3 is 2.80 bits per heavy atom. The highest BCUT2D eigenvalue weighted by Crippen LogP contribution is 2.15. The summed E-state index contributed by atoms with van der Waals surface area (Å²) >= 11 is 0. The van der Waals surface area contributed by atoms with Crippen molar-refractivity contribution < 1.29 is 14.6 Å². The number of rotatable bonds is 3. The number of ether oxygens (including phenoxy) is 1. The van der Waals surface area contributed by atoms with Crippen molar-refractivity contribution in [2.75, 3.05) is 19.7 Å². The minimum absolute atomic E-state index is 0.0756. The van der Waals surface area contributed by atoms with Crippen LogP contribution >= 0.6 is 0 Å². The Kier molecular flexibility index (Phi) is 4.54. The molecule has 0 bridgehead atoms. The van der Waals surface area contributed by atoms with E-state index in [-0.39, 0.29) is 18.1 Å². The van der Waals surface area contributed by atoms with Gasteiger partial charge >= 0.3 is 5.97 Å². The number of carboxylic acids is 1. The summed E-state index contributed by atoms with van der Waals surface area (Å²) < 4.78 is 5.53. The third-order valence-electron chi connectivity index (χ3n) is 3.17. The van der Waals surface area contributed by atoms with E-state index in [1.807, 2.05) is 13.8 Å². The molecule has 15 heavy (non-hydrogen) atoms. The Morgan fingerprint density at radius 1 is 1.53 bits per heavy atom. The van der Waals surface area contributed by atoms with Crippen molar-refractivity contribution in [1.82, 2.24) is 4.90 Å². The summed E-state index contributed by atoms with van der Waals surface area (Å²) in [5.74, 6) is -1.05. The fraction of sp³-hybridized carbons (Fsp3) is 0.909. The summed E-state index contributed by atoms with van der Waals surface area (Å²) in [7, 11) is 0. The molecule has 0 aliphatic carbocycles. The molecule has 1 fully saturated rings. The number of carbonyl (C=O) groups is 1. The maximum atomic E-state index is 10.9. The highest BCUT2D eigenvalue weighted by molar-refractivity contribution is 5.70. The molecule has 1 heterocycles. The van der Waals surface area contributed by atoms with Crippen molar-refractivity contribution in [1.29, 1.82) is 0 Å². The van der Waals surface area contributed by atoms with Crippen LogP contribution in [0.4, 0.5) is 0 Å². The molecule has 88 valence electrons. The fourth-order valence-electron chi connectivity index (χ4n) is 1.92. The Morgan fingerprint density at radius 2 is 2.20 bits per heavy atom. The Labute approximate surface area is 91.2 Å². The average Bonchev–Trinajstić information content (AvgIpc) is 2.40. The van der Waals surface area contributed by atoms with Gasteiger partial charge < -0.3 is 9.84 Å². The third-order valence-corrected chi connectivity index (χ3v) is 3.17. The van der Waals surface area contributed by atoms with Gasteiger partial charge in [-0.1, -0.05) is 6.92 Å². The number of hydrogen-bond acceptors (Lipinski definition) is 3. The van der Waals surface area contributed by atoms with Gasteiger partial charge in [0.25, 0.3) is 0 Å². The van der Waals surface area contributed by atoms with Gasteiger partial charge in [-0.15, -0.1) is 0 Å². The molecule has 1 saturated heterocycles. The summed E-state index contributed by atoms with van der Waals surface area (Å²) in [4.78, 5) is 13.1. The molecule has 3 atom stereocenters. The molecule has 0 saturated carbocycles. The Balaban J connectivity index is 2.56. The maximum Gasteiger partial charge on any atom is 0.307 e. The molecule has 1 N–H and O–H groups in total. The second kappa shape index (κ2) is 5.47. The van der Waals surface area contributed by atoms with E-state index in [2.05, 4.69) is 4.90 Å². The highest BCUT2D eigenvalue weighted by atomic mass is 16.5. The summed E-state index contributed by atoms with van der Waals surface area (Å²) in [6.45, 7) is 8.34. The topological polar surface area (TPSA) is 49.8 Å². The predicted molar refractivity (Wildman–Crippen MR) is 57.9 cm³/mol. The van der Waals surface area contributed by atoms with Crippen LogP contribution in [-0.2, 0) is 9.53 Å². The summed E-state index contributed by atoms with van der Waals surface area (Å²) in [5.41, 5.74) is 0. The second-order valence-corrected chi connectivity index (χ2v) is 4.40. The van der Waals surface area contributed by atoms with Crippen LogP contribution in [0.2, 0.25) is 0 Å². The molecule has 0 spiro atoms. The number of carboxylic acid groups (broad SMARTS) is 1. The van der Waals surface area contributed by atoms with Crippen molar-refractivity contribution in [2.45, 2.75) is 39.3 Å². The normalized spacial score (nSPS) is 28.1. The molecule has 0 aromatic rings. The van der Waals surface area contributed by atoms with Gasteiger partial charge in [-0.05, 0) is 20.3 Å². The van der Waals surface area contributed by atoms with Crippen LogP contribution in [0.3, 0.4) is 0 Å². The maximum absolute atomic E-state index is 10.9. The van der Waals surface area contributed by atoms with Gasteiger partial charge in [-0.25, -0.2) is 0 Å². The zero-order chi connectivity index (χ0) is 11.4. The van der Waals surface area contributed by atoms with Gasteiger partial charge in [0.2, 0.25) is 0 Å². The molecule has 0 amide bonds. The largest absolute Gasteiger partial charge is 0.481 e. The van der Waals surface area contributed by atoms with Crippen LogP contribution < -0.4 is 0 Å². The quantitative estimate of drug-likeness (QED) is 0.768. The predicted octanol–water partition coefficient (Wildman–Crippen LogP) is 1.21. The molecule has 3 unspecified atom stereocenters. The second-order valence-electron chi connectivity index (χ2n) is 4.40. The van der Waals surface area contributed by atoms with Crippen molar-refractivity contribution in [3.63, 3.8) is 0 Å². The summed E-state index contributed by atoms with van der Waals surface area (Å²) in [6, 6.07) is 0.0756.